The van der Waals surface area contributed by atoms with Crippen molar-refractivity contribution in [1.82, 2.24) is 14.1 Å². The number of nitro benzene ring substituents is 1. The van der Waals surface area contributed by atoms with Gasteiger partial charge in [-0.15, -0.1) is 0 Å². The van der Waals surface area contributed by atoms with E-state index in [9.17, 15) is 18.5 Å². The van der Waals surface area contributed by atoms with E-state index in [0.717, 1.165) is 0 Å². The monoisotopic (exact) mass is 413 g/mol. The van der Waals surface area contributed by atoms with Gasteiger partial charge in [-0.25, -0.2) is 8.42 Å². The zero-order valence-electron chi connectivity index (χ0n) is 14.9. The van der Waals surface area contributed by atoms with E-state index in [1.807, 2.05) is 0 Å². The molecule has 11 heteroatoms. The van der Waals surface area contributed by atoms with Crippen LogP contribution in [0.1, 0.15) is 18.4 Å². The second-order valence-corrected chi connectivity index (χ2v) is 8.89. The molecule has 2 heterocycles. The molecule has 1 N–H and O–H groups in total. The first-order valence-electron chi connectivity index (χ1n) is 8.38. The highest BCUT2D eigenvalue weighted by molar-refractivity contribution is 7.89. The number of nitrogens with zero attached hydrogens (tertiary/aromatic N) is 4. The second kappa shape index (κ2) is 7.45. The minimum absolute atomic E-state index is 0.0306. The molecule has 0 unspecified atom stereocenters. The molecule has 1 aliphatic heterocycles. The molecule has 1 aromatic heterocycles. The minimum Gasteiger partial charge on any atom is -0.381 e. The molecular formula is C16H20ClN5O4S. The number of hydrogen-bond acceptors (Lipinski definition) is 6. The van der Waals surface area contributed by atoms with Crippen molar-refractivity contribution in [2.75, 3.05) is 18.4 Å². The number of aromatic nitrogens is 2. The van der Waals surface area contributed by atoms with Crippen LogP contribution in [0.15, 0.2) is 29.4 Å². The van der Waals surface area contributed by atoms with Crippen molar-refractivity contribution in [3.8, 4) is 0 Å². The molecule has 2 aromatic rings. The number of anilines is 1. The Morgan fingerprint density at radius 2 is 2.00 bits per heavy atom. The molecule has 1 aliphatic rings. The molecule has 0 atom stereocenters. The Labute approximate surface area is 162 Å². The maximum absolute atomic E-state index is 12.6. The Morgan fingerprint density at radius 1 is 1.33 bits per heavy atom. The summed E-state index contributed by atoms with van der Waals surface area (Å²) in [6.07, 6.45) is 4.04. The van der Waals surface area contributed by atoms with E-state index in [4.69, 9.17) is 11.6 Å². The Kier molecular flexibility index (Phi) is 5.41. The topological polar surface area (TPSA) is 110 Å². The van der Waals surface area contributed by atoms with Gasteiger partial charge in [-0.05, 0) is 25.3 Å². The van der Waals surface area contributed by atoms with Crippen molar-refractivity contribution in [3.63, 3.8) is 0 Å². The van der Waals surface area contributed by atoms with Crippen molar-refractivity contribution in [1.29, 1.82) is 0 Å². The summed E-state index contributed by atoms with van der Waals surface area (Å²) < 4.78 is 28.2. The van der Waals surface area contributed by atoms with Crippen LogP contribution in [0.2, 0.25) is 5.02 Å². The Morgan fingerprint density at radius 3 is 2.52 bits per heavy atom. The zero-order valence-corrected chi connectivity index (χ0v) is 16.5. The lowest BCUT2D eigenvalue weighted by atomic mass is 10.1. The Balaban J connectivity index is 1.67. The average Bonchev–Trinajstić information content (AvgIpc) is 3.05. The fourth-order valence-electron chi connectivity index (χ4n) is 3.14. The van der Waals surface area contributed by atoms with Crippen molar-refractivity contribution in [3.05, 3.63) is 45.2 Å². The summed E-state index contributed by atoms with van der Waals surface area (Å²) >= 11 is 6.20. The standard InChI is InChI=1S/C16H20ClN5O4S/c1-11-7-13(22(23)24)8-15(17)16(11)19-12-3-5-21(6-4-12)27(25,26)14-9-18-20(2)10-14/h7-10,12,19H,3-6H2,1-2H3. The molecule has 0 amide bonds. The highest BCUT2D eigenvalue weighted by atomic mass is 35.5. The molecule has 9 nitrogen and oxygen atoms in total. The molecule has 0 radical (unpaired) electrons. The van der Waals surface area contributed by atoms with Crippen LogP contribution in [-0.2, 0) is 17.1 Å². The summed E-state index contributed by atoms with van der Waals surface area (Å²) in [5.41, 5.74) is 1.27. The molecule has 3 rings (SSSR count). The number of hydrogen-bond donors (Lipinski definition) is 1. The first-order valence-corrected chi connectivity index (χ1v) is 10.2. The zero-order chi connectivity index (χ0) is 19.8. The number of non-ortho nitro benzene ring substituents is 1. The third kappa shape index (κ3) is 4.07. The molecule has 0 spiro atoms. The van der Waals surface area contributed by atoms with Gasteiger partial charge in [0, 0.05) is 44.5 Å². The van der Waals surface area contributed by atoms with E-state index in [1.165, 1.54) is 33.5 Å². The predicted octanol–water partition coefficient (Wildman–Crippen LogP) is 2.56. The number of halogens is 1. The van der Waals surface area contributed by atoms with E-state index in [1.54, 1.807) is 14.0 Å². The number of aryl methyl sites for hydroxylation is 2. The summed E-state index contributed by atoms with van der Waals surface area (Å²) in [4.78, 5) is 10.6. The molecule has 1 saturated heterocycles. The first-order chi connectivity index (χ1) is 12.7. The van der Waals surface area contributed by atoms with Gasteiger partial charge in [0.1, 0.15) is 4.90 Å². The molecule has 1 fully saturated rings. The van der Waals surface area contributed by atoms with E-state index < -0.39 is 14.9 Å². The van der Waals surface area contributed by atoms with Crippen LogP contribution in [0.3, 0.4) is 0 Å². The van der Waals surface area contributed by atoms with Gasteiger partial charge in [0.05, 0.1) is 21.8 Å². The van der Waals surface area contributed by atoms with Crippen LogP contribution in [-0.4, -0.2) is 46.6 Å². The summed E-state index contributed by atoms with van der Waals surface area (Å²) in [7, 11) is -1.88. The van der Waals surface area contributed by atoms with Gasteiger partial charge in [0.2, 0.25) is 10.0 Å². The predicted molar refractivity (Wildman–Crippen MR) is 101 cm³/mol. The molecule has 27 heavy (non-hydrogen) atoms. The van der Waals surface area contributed by atoms with Crippen LogP contribution < -0.4 is 5.32 Å². The molecule has 1 aromatic carbocycles. The minimum atomic E-state index is -3.55. The van der Waals surface area contributed by atoms with Gasteiger partial charge >= 0.3 is 0 Å². The normalized spacial score (nSPS) is 16.4. The van der Waals surface area contributed by atoms with Crippen LogP contribution in [0.25, 0.3) is 0 Å². The highest BCUT2D eigenvalue weighted by Gasteiger charge is 2.30. The summed E-state index contributed by atoms with van der Waals surface area (Å²) in [6.45, 7) is 2.50. The van der Waals surface area contributed by atoms with E-state index in [2.05, 4.69) is 10.4 Å². The third-order valence-electron chi connectivity index (χ3n) is 4.60. The average molecular weight is 414 g/mol. The molecule has 146 valence electrons. The van der Waals surface area contributed by atoms with E-state index >= 15 is 0 Å². The molecule has 0 aliphatic carbocycles. The Hall–Kier alpha value is -2.17. The number of benzene rings is 1. The molecule has 0 saturated carbocycles. The van der Waals surface area contributed by atoms with E-state index in [0.29, 0.717) is 37.2 Å². The van der Waals surface area contributed by atoms with Crippen LogP contribution in [0.4, 0.5) is 11.4 Å². The number of nitro groups is 1. The third-order valence-corrected chi connectivity index (χ3v) is 6.75. The summed E-state index contributed by atoms with van der Waals surface area (Å²) in [5.74, 6) is 0. The summed E-state index contributed by atoms with van der Waals surface area (Å²) in [6, 6.07) is 2.82. The first kappa shape index (κ1) is 19.6. The van der Waals surface area contributed by atoms with Gasteiger partial charge < -0.3 is 5.32 Å². The second-order valence-electron chi connectivity index (χ2n) is 6.55. The maximum Gasteiger partial charge on any atom is 0.271 e. The smallest absolute Gasteiger partial charge is 0.271 e. The number of piperidine rings is 1. The lowest BCUT2D eigenvalue weighted by molar-refractivity contribution is -0.384. The fraction of sp³-hybridized carbons (Fsp3) is 0.438. The van der Waals surface area contributed by atoms with Crippen molar-refractivity contribution < 1.29 is 13.3 Å². The van der Waals surface area contributed by atoms with Gasteiger partial charge in [0.15, 0.2) is 0 Å². The lowest BCUT2D eigenvalue weighted by Gasteiger charge is -2.32. The van der Waals surface area contributed by atoms with Gasteiger partial charge in [0.25, 0.3) is 5.69 Å². The quantitative estimate of drug-likeness (QED) is 0.595. The van der Waals surface area contributed by atoms with Crippen LogP contribution >= 0.6 is 11.6 Å². The lowest BCUT2D eigenvalue weighted by Crippen LogP contribution is -2.42. The Bertz CT molecular complexity index is 944. The van der Waals surface area contributed by atoms with Gasteiger partial charge in [-0.2, -0.15) is 9.40 Å². The van der Waals surface area contributed by atoms with Crippen molar-refractivity contribution in [2.45, 2.75) is 30.7 Å². The van der Waals surface area contributed by atoms with E-state index in [-0.39, 0.29) is 21.6 Å². The van der Waals surface area contributed by atoms with Gasteiger partial charge in [-0.1, -0.05) is 11.6 Å². The van der Waals surface area contributed by atoms with Crippen LogP contribution in [0.5, 0.6) is 0 Å². The van der Waals surface area contributed by atoms with Gasteiger partial charge in [-0.3, -0.25) is 14.8 Å². The van der Waals surface area contributed by atoms with Crippen LogP contribution in [0, 0.1) is 17.0 Å². The summed E-state index contributed by atoms with van der Waals surface area (Å²) in [5, 5.41) is 18.4. The van der Waals surface area contributed by atoms with Crippen molar-refractivity contribution in [2.24, 2.45) is 7.05 Å². The fourth-order valence-corrected chi connectivity index (χ4v) is 4.91. The largest absolute Gasteiger partial charge is 0.381 e. The number of rotatable bonds is 5. The highest BCUT2D eigenvalue weighted by Crippen LogP contribution is 2.32. The number of nitrogens with one attached hydrogen (secondary N) is 1. The molecular weight excluding hydrogens is 394 g/mol. The molecule has 0 bridgehead atoms. The van der Waals surface area contributed by atoms with Crippen molar-refractivity contribution >= 4 is 33.0 Å². The maximum atomic E-state index is 12.6. The SMILES string of the molecule is Cc1cc([N+](=O)[O-])cc(Cl)c1NC1CCN(S(=O)(=O)c2cnn(C)c2)CC1. The number of sulfonamides is 1.